The fourth-order valence-corrected chi connectivity index (χ4v) is 2.93. The van der Waals surface area contributed by atoms with Gasteiger partial charge in [0.1, 0.15) is 11.5 Å². The summed E-state index contributed by atoms with van der Waals surface area (Å²) in [4.78, 5) is 0. The molecule has 0 aliphatic rings. The normalized spacial score (nSPS) is 11.4. The summed E-state index contributed by atoms with van der Waals surface area (Å²) in [5, 5.41) is 24.6. The number of hydrogen-bond acceptors (Lipinski definition) is 3. The third-order valence-electron chi connectivity index (χ3n) is 4.41. The van der Waals surface area contributed by atoms with Crippen molar-refractivity contribution in [1.29, 1.82) is 0 Å². The summed E-state index contributed by atoms with van der Waals surface area (Å²) in [5.74, 6) is 1.08. The molecule has 0 bridgehead atoms. The molecule has 0 atom stereocenters. The van der Waals surface area contributed by atoms with Gasteiger partial charge < -0.3 is 10.2 Å². The third kappa shape index (κ3) is 3.38. The summed E-state index contributed by atoms with van der Waals surface area (Å²) in [7, 11) is 0. The van der Waals surface area contributed by atoms with Gasteiger partial charge in [-0.3, -0.25) is 0 Å². The third-order valence-corrected chi connectivity index (χ3v) is 4.41. The molecule has 0 aliphatic carbocycles. The maximum absolute atomic E-state index is 10.6. The monoisotopic (exact) mass is 336 g/mol. The molecule has 25 heavy (non-hydrogen) atoms. The van der Waals surface area contributed by atoms with Gasteiger partial charge in [0, 0.05) is 11.8 Å². The van der Waals surface area contributed by atoms with Crippen LogP contribution in [0.25, 0.3) is 16.9 Å². The van der Waals surface area contributed by atoms with Crippen molar-refractivity contribution in [2.45, 2.75) is 39.5 Å². The summed E-state index contributed by atoms with van der Waals surface area (Å²) in [5.41, 5.74) is 4.59. The van der Waals surface area contributed by atoms with Crippen LogP contribution in [0.4, 0.5) is 0 Å². The van der Waals surface area contributed by atoms with Crippen molar-refractivity contribution >= 4 is 0 Å². The van der Waals surface area contributed by atoms with Crippen LogP contribution in [0.1, 0.15) is 50.7 Å². The lowest BCUT2D eigenvalue weighted by atomic mass is 9.93. The van der Waals surface area contributed by atoms with Crippen molar-refractivity contribution in [3.05, 3.63) is 59.8 Å². The van der Waals surface area contributed by atoms with Crippen LogP contribution < -0.4 is 0 Å². The Morgan fingerprint density at radius 2 is 1.40 bits per heavy atom. The maximum Gasteiger partial charge on any atom is 0.122 e. The molecule has 0 fully saturated rings. The summed E-state index contributed by atoms with van der Waals surface area (Å²) in [6.07, 6.45) is 1.92. The molecule has 3 rings (SSSR count). The van der Waals surface area contributed by atoms with E-state index in [2.05, 4.69) is 32.8 Å². The lowest BCUT2D eigenvalue weighted by Gasteiger charge is -2.17. The van der Waals surface area contributed by atoms with E-state index >= 15 is 0 Å². The van der Waals surface area contributed by atoms with Gasteiger partial charge in [-0.2, -0.15) is 5.10 Å². The van der Waals surface area contributed by atoms with E-state index in [0.717, 1.165) is 28.1 Å². The molecular weight excluding hydrogens is 312 g/mol. The molecule has 4 nitrogen and oxygen atoms in total. The lowest BCUT2D eigenvalue weighted by Crippen LogP contribution is -2.02. The lowest BCUT2D eigenvalue weighted by molar-refractivity contribution is 0.454. The number of nitrogens with zero attached hydrogens (tertiary/aromatic N) is 2. The van der Waals surface area contributed by atoms with Gasteiger partial charge in [-0.25, -0.2) is 4.68 Å². The van der Waals surface area contributed by atoms with E-state index in [1.807, 2.05) is 41.2 Å². The Morgan fingerprint density at radius 3 is 1.92 bits per heavy atom. The van der Waals surface area contributed by atoms with E-state index in [1.54, 1.807) is 12.1 Å². The second kappa shape index (κ2) is 6.63. The molecule has 1 aromatic heterocycles. The minimum Gasteiger partial charge on any atom is -0.508 e. The first-order chi connectivity index (χ1) is 11.9. The average molecular weight is 336 g/mol. The molecule has 0 aliphatic heterocycles. The minimum atomic E-state index is 0.226. The molecule has 0 radical (unpaired) electrons. The first kappa shape index (κ1) is 17.1. The van der Waals surface area contributed by atoms with Crippen molar-refractivity contribution in [3.63, 3.8) is 0 Å². The first-order valence-electron chi connectivity index (χ1n) is 8.59. The fourth-order valence-electron chi connectivity index (χ4n) is 2.93. The zero-order valence-electron chi connectivity index (χ0n) is 15.1. The molecule has 0 unspecified atom stereocenters. The highest BCUT2D eigenvalue weighted by Gasteiger charge is 2.16. The van der Waals surface area contributed by atoms with Crippen LogP contribution in [0.3, 0.4) is 0 Å². The Morgan fingerprint density at radius 1 is 0.840 bits per heavy atom. The SMILES string of the molecule is CC(C)c1cc(-n2ccc(-c3ccc(O)cc3)n2)cc(C(C)C)c1O. The number of aromatic nitrogens is 2. The van der Waals surface area contributed by atoms with Crippen LogP contribution in [0.15, 0.2) is 48.7 Å². The van der Waals surface area contributed by atoms with E-state index in [4.69, 9.17) is 0 Å². The quantitative estimate of drug-likeness (QED) is 0.688. The topological polar surface area (TPSA) is 58.3 Å². The Bertz CT molecular complexity index is 848. The first-order valence-corrected chi connectivity index (χ1v) is 8.59. The molecule has 0 spiro atoms. The van der Waals surface area contributed by atoms with E-state index in [9.17, 15) is 10.2 Å². The van der Waals surface area contributed by atoms with Crippen LogP contribution in [0, 0.1) is 0 Å². The summed E-state index contributed by atoms with van der Waals surface area (Å²) in [6, 6.07) is 12.9. The van der Waals surface area contributed by atoms with Crippen molar-refractivity contribution in [2.75, 3.05) is 0 Å². The Balaban J connectivity index is 2.06. The van der Waals surface area contributed by atoms with Crippen LogP contribution in [-0.2, 0) is 0 Å². The molecule has 0 saturated heterocycles. The largest absolute Gasteiger partial charge is 0.508 e. The Kier molecular flexibility index (Phi) is 4.53. The number of hydrogen-bond donors (Lipinski definition) is 2. The maximum atomic E-state index is 10.6. The summed E-state index contributed by atoms with van der Waals surface area (Å²) >= 11 is 0. The standard InChI is InChI=1S/C21H24N2O2/c1-13(2)18-11-16(12-19(14(3)4)21(18)25)23-10-9-20(22-23)15-5-7-17(24)8-6-15/h5-14,24-25H,1-4H3. The highest BCUT2D eigenvalue weighted by molar-refractivity contribution is 5.60. The van der Waals surface area contributed by atoms with Gasteiger partial charge in [-0.05, 0) is 65.4 Å². The van der Waals surface area contributed by atoms with E-state index in [0.29, 0.717) is 5.75 Å². The molecule has 2 aromatic carbocycles. The highest BCUT2D eigenvalue weighted by Crippen LogP contribution is 2.36. The molecular formula is C21H24N2O2. The van der Waals surface area contributed by atoms with Crippen molar-refractivity contribution in [2.24, 2.45) is 0 Å². The zero-order chi connectivity index (χ0) is 18.1. The van der Waals surface area contributed by atoms with Gasteiger partial charge in [0.15, 0.2) is 0 Å². The van der Waals surface area contributed by atoms with Gasteiger partial charge in [0.05, 0.1) is 11.4 Å². The van der Waals surface area contributed by atoms with Crippen molar-refractivity contribution in [3.8, 4) is 28.4 Å². The molecule has 0 saturated carbocycles. The minimum absolute atomic E-state index is 0.226. The van der Waals surface area contributed by atoms with Crippen molar-refractivity contribution in [1.82, 2.24) is 9.78 Å². The molecule has 2 N–H and O–H groups in total. The second-order valence-electron chi connectivity index (χ2n) is 6.97. The predicted octanol–water partition coefficient (Wildman–Crippen LogP) is 5.20. The Labute approximate surface area is 148 Å². The van der Waals surface area contributed by atoms with Gasteiger partial charge >= 0.3 is 0 Å². The van der Waals surface area contributed by atoms with E-state index < -0.39 is 0 Å². The highest BCUT2D eigenvalue weighted by atomic mass is 16.3. The molecule has 130 valence electrons. The molecule has 1 heterocycles. The Hall–Kier alpha value is -2.75. The predicted molar refractivity (Wildman–Crippen MR) is 101 cm³/mol. The number of phenols is 2. The number of phenolic OH excluding ortho intramolecular Hbond substituents is 2. The number of aromatic hydroxyl groups is 2. The van der Waals surface area contributed by atoms with Gasteiger partial charge in [-0.1, -0.05) is 27.7 Å². The zero-order valence-corrected chi connectivity index (χ0v) is 15.1. The van der Waals surface area contributed by atoms with Gasteiger partial charge in [0.25, 0.3) is 0 Å². The van der Waals surface area contributed by atoms with Crippen molar-refractivity contribution < 1.29 is 10.2 Å². The number of benzene rings is 2. The van der Waals surface area contributed by atoms with Crippen LogP contribution >= 0.6 is 0 Å². The van der Waals surface area contributed by atoms with E-state index in [1.165, 1.54) is 0 Å². The summed E-state index contributed by atoms with van der Waals surface area (Å²) < 4.78 is 1.83. The molecule has 0 amide bonds. The number of rotatable bonds is 4. The van der Waals surface area contributed by atoms with Crippen LogP contribution in [0.5, 0.6) is 11.5 Å². The van der Waals surface area contributed by atoms with Gasteiger partial charge in [-0.15, -0.1) is 0 Å². The molecule has 3 aromatic rings. The van der Waals surface area contributed by atoms with Crippen LogP contribution in [0.2, 0.25) is 0 Å². The molecule has 4 heteroatoms. The van der Waals surface area contributed by atoms with E-state index in [-0.39, 0.29) is 17.6 Å². The van der Waals surface area contributed by atoms with Crippen LogP contribution in [-0.4, -0.2) is 20.0 Å². The average Bonchev–Trinajstić information content (AvgIpc) is 3.05. The van der Waals surface area contributed by atoms with Gasteiger partial charge in [0.2, 0.25) is 0 Å². The summed E-state index contributed by atoms with van der Waals surface area (Å²) in [6.45, 7) is 8.31. The smallest absolute Gasteiger partial charge is 0.122 e. The fraction of sp³-hybridized carbons (Fsp3) is 0.286. The second-order valence-corrected chi connectivity index (χ2v) is 6.97.